The van der Waals surface area contributed by atoms with Gasteiger partial charge in [-0.1, -0.05) is 20.3 Å². The second-order valence-corrected chi connectivity index (χ2v) is 5.62. The van der Waals surface area contributed by atoms with Crippen molar-refractivity contribution in [1.29, 1.82) is 0 Å². The quantitative estimate of drug-likeness (QED) is 0.725. The fourth-order valence-corrected chi connectivity index (χ4v) is 2.68. The van der Waals surface area contributed by atoms with Gasteiger partial charge in [0, 0.05) is 25.2 Å². The molecule has 0 amide bonds. The summed E-state index contributed by atoms with van der Waals surface area (Å²) >= 11 is 0. The van der Waals surface area contributed by atoms with Gasteiger partial charge in [0.2, 0.25) is 0 Å². The minimum Gasteiger partial charge on any atom is -0.396 e. The Morgan fingerprint density at radius 2 is 1.88 bits per heavy atom. The number of piperidine rings is 1. The molecule has 1 fully saturated rings. The van der Waals surface area contributed by atoms with Crippen LogP contribution in [0.15, 0.2) is 0 Å². The van der Waals surface area contributed by atoms with Crippen molar-refractivity contribution in [1.82, 2.24) is 4.90 Å². The lowest BCUT2D eigenvalue weighted by Crippen LogP contribution is -2.43. The lowest BCUT2D eigenvalue weighted by molar-refractivity contribution is 0.0542. The molecule has 3 nitrogen and oxygen atoms in total. The highest BCUT2D eigenvalue weighted by molar-refractivity contribution is 4.80. The maximum absolute atomic E-state index is 9.48. The van der Waals surface area contributed by atoms with Gasteiger partial charge in [0.15, 0.2) is 0 Å². The average molecular weight is 229 g/mol. The molecule has 16 heavy (non-hydrogen) atoms. The first-order valence-corrected chi connectivity index (χ1v) is 6.57. The Balaban J connectivity index is 2.36. The van der Waals surface area contributed by atoms with E-state index >= 15 is 0 Å². The van der Waals surface area contributed by atoms with E-state index in [1.807, 2.05) is 0 Å². The number of nitrogens with zero attached hydrogens (tertiary/aromatic N) is 1. The Kier molecular flexibility index (Phi) is 5.73. The minimum absolute atomic E-state index is 0.0564. The molecule has 0 aliphatic carbocycles. The van der Waals surface area contributed by atoms with E-state index in [2.05, 4.69) is 18.7 Å². The zero-order valence-electron chi connectivity index (χ0n) is 10.8. The molecular formula is C13H27NO2. The summed E-state index contributed by atoms with van der Waals surface area (Å²) in [6.07, 6.45) is 4.42. The van der Waals surface area contributed by atoms with Crippen molar-refractivity contribution < 1.29 is 10.2 Å². The Labute approximate surface area is 99.5 Å². The lowest BCUT2D eigenvalue weighted by atomic mass is 9.85. The summed E-state index contributed by atoms with van der Waals surface area (Å²) in [5.74, 6) is 0.503. The molecule has 0 spiro atoms. The van der Waals surface area contributed by atoms with Crippen molar-refractivity contribution in [2.75, 3.05) is 32.8 Å². The highest BCUT2D eigenvalue weighted by Crippen LogP contribution is 2.26. The predicted octanol–water partition coefficient (Wildman–Crippen LogP) is 1.49. The Bertz CT molecular complexity index is 190. The van der Waals surface area contributed by atoms with Gasteiger partial charge in [-0.25, -0.2) is 0 Å². The molecule has 0 saturated carbocycles. The van der Waals surface area contributed by atoms with Crippen LogP contribution in [0.2, 0.25) is 0 Å². The second kappa shape index (κ2) is 6.58. The van der Waals surface area contributed by atoms with E-state index in [0.29, 0.717) is 12.5 Å². The van der Waals surface area contributed by atoms with Crippen molar-refractivity contribution in [3.8, 4) is 0 Å². The molecule has 0 aromatic rings. The summed E-state index contributed by atoms with van der Waals surface area (Å²) in [6.45, 7) is 8.10. The SMILES string of the molecule is CCCC(C)(CO)CN1CCC(CO)CC1. The molecule has 0 radical (unpaired) electrons. The van der Waals surface area contributed by atoms with Gasteiger partial charge in [0.05, 0.1) is 0 Å². The van der Waals surface area contributed by atoms with Crippen LogP contribution in [-0.4, -0.2) is 48.0 Å². The third-order valence-corrected chi connectivity index (χ3v) is 3.81. The normalized spacial score (nSPS) is 23.2. The molecular weight excluding hydrogens is 202 g/mol. The van der Waals surface area contributed by atoms with E-state index in [-0.39, 0.29) is 12.0 Å². The molecule has 96 valence electrons. The van der Waals surface area contributed by atoms with Crippen LogP contribution < -0.4 is 0 Å². The fourth-order valence-electron chi connectivity index (χ4n) is 2.68. The Hall–Kier alpha value is -0.120. The number of hydrogen-bond donors (Lipinski definition) is 2. The maximum Gasteiger partial charge on any atom is 0.0497 e. The van der Waals surface area contributed by atoms with Gasteiger partial charge in [0.25, 0.3) is 0 Å². The lowest BCUT2D eigenvalue weighted by Gasteiger charge is -2.38. The third kappa shape index (κ3) is 4.04. The largest absolute Gasteiger partial charge is 0.396 e. The monoisotopic (exact) mass is 229 g/mol. The summed E-state index contributed by atoms with van der Waals surface area (Å²) in [4.78, 5) is 2.44. The van der Waals surface area contributed by atoms with Gasteiger partial charge in [-0.05, 0) is 38.3 Å². The Morgan fingerprint density at radius 1 is 1.25 bits per heavy atom. The van der Waals surface area contributed by atoms with E-state index in [0.717, 1.165) is 45.3 Å². The summed E-state index contributed by atoms with van der Waals surface area (Å²) in [6, 6.07) is 0. The van der Waals surface area contributed by atoms with Gasteiger partial charge < -0.3 is 15.1 Å². The van der Waals surface area contributed by atoms with Crippen molar-refractivity contribution in [2.45, 2.75) is 39.5 Å². The van der Waals surface area contributed by atoms with Crippen LogP contribution in [0.4, 0.5) is 0 Å². The van der Waals surface area contributed by atoms with Crippen LogP contribution in [0.25, 0.3) is 0 Å². The van der Waals surface area contributed by atoms with Crippen molar-refractivity contribution >= 4 is 0 Å². The van der Waals surface area contributed by atoms with E-state index in [1.54, 1.807) is 0 Å². The van der Waals surface area contributed by atoms with Crippen molar-refractivity contribution in [2.24, 2.45) is 11.3 Å². The number of likely N-dealkylation sites (tertiary alicyclic amines) is 1. The molecule has 0 aromatic carbocycles. The predicted molar refractivity (Wildman–Crippen MR) is 66.4 cm³/mol. The molecule has 2 N–H and O–H groups in total. The fraction of sp³-hybridized carbons (Fsp3) is 1.00. The number of hydrogen-bond acceptors (Lipinski definition) is 3. The first kappa shape index (κ1) is 13.9. The maximum atomic E-state index is 9.48. The van der Waals surface area contributed by atoms with Crippen LogP contribution in [0, 0.1) is 11.3 Å². The smallest absolute Gasteiger partial charge is 0.0497 e. The molecule has 1 unspecified atom stereocenters. The van der Waals surface area contributed by atoms with Crippen LogP contribution >= 0.6 is 0 Å². The minimum atomic E-state index is 0.0564. The number of aliphatic hydroxyl groups is 2. The van der Waals surface area contributed by atoms with Gasteiger partial charge in [-0.2, -0.15) is 0 Å². The van der Waals surface area contributed by atoms with E-state index in [1.165, 1.54) is 0 Å². The van der Waals surface area contributed by atoms with Crippen LogP contribution in [0.3, 0.4) is 0 Å². The van der Waals surface area contributed by atoms with Crippen LogP contribution in [0.1, 0.15) is 39.5 Å². The number of rotatable bonds is 6. The zero-order valence-corrected chi connectivity index (χ0v) is 10.8. The molecule has 1 saturated heterocycles. The molecule has 0 aromatic heterocycles. The molecule has 3 heteroatoms. The van der Waals surface area contributed by atoms with Gasteiger partial charge >= 0.3 is 0 Å². The second-order valence-electron chi connectivity index (χ2n) is 5.62. The summed E-state index contributed by atoms with van der Waals surface area (Å²) in [5.41, 5.74) is 0.0564. The van der Waals surface area contributed by atoms with E-state index < -0.39 is 0 Å². The van der Waals surface area contributed by atoms with E-state index in [4.69, 9.17) is 5.11 Å². The van der Waals surface area contributed by atoms with Crippen molar-refractivity contribution in [3.63, 3.8) is 0 Å². The van der Waals surface area contributed by atoms with Crippen LogP contribution in [0.5, 0.6) is 0 Å². The standard InChI is InChI=1S/C13H27NO2/c1-3-6-13(2,11-16)10-14-7-4-12(9-15)5-8-14/h12,15-16H,3-11H2,1-2H3. The zero-order chi connectivity index (χ0) is 12.0. The topological polar surface area (TPSA) is 43.7 Å². The van der Waals surface area contributed by atoms with Gasteiger partial charge in [-0.15, -0.1) is 0 Å². The first-order chi connectivity index (χ1) is 7.63. The van der Waals surface area contributed by atoms with E-state index in [9.17, 15) is 5.11 Å². The highest BCUT2D eigenvalue weighted by atomic mass is 16.3. The summed E-state index contributed by atoms with van der Waals surface area (Å²) < 4.78 is 0. The van der Waals surface area contributed by atoms with Crippen molar-refractivity contribution in [3.05, 3.63) is 0 Å². The highest BCUT2D eigenvalue weighted by Gasteiger charge is 2.27. The average Bonchev–Trinajstić information content (AvgIpc) is 2.30. The first-order valence-electron chi connectivity index (χ1n) is 6.57. The Morgan fingerprint density at radius 3 is 2.31 bits per heavy atom. The molecule has 1 heterocycles. The summed E-state index contributed by atoms with van der Waals surface area (Å²) in [7, 11) is 0. The van der Waals surface area contributed by atoms with Gasteiger partial charge in [0.1, 0.15) is 0 Å². The third-order valence-electron chi connectivity index (χ3n) is 3.81. The number of aliphatic hydroxyl groups excluding tert-OH is 2. The molecule has 0 bridgehead atoms. The van der Waals surface area contributed by atoms with Gasteiger partial charge in [-0.3, -0.25) is 0 Å². The summed E-state index contributed by atoms with van der Waals surface area (Å²) in [5, 5.41) is 18.6. The molecule has 1 atom stereocenters. The van der Waals surface area contributed by atoms with Crippen LogP contribution in [-0.2, 0) is 0 Å². The molecule has 1 aliphatic rings. The molecule has 1 aliphatic heterocycles. The molecule has 1 rings (SSSR count).